The van der Waals surface area contributed by atoms with Crippen molar-refractivity contribution in [1.82, 2.24) is 29.1 Å². The van der Waals surface area contributed by atoms with Crippen LogP contribution in [-0.4, -0.2) is 29.1 Å². The highest BCUT2D eigenvalue weighted by atomic mass is 15.0. The molecule has 0 fully saturated rings. The van der Waals surface area contributed by atoms with Gasteiger partial charge >= 0.3 is 0 Å². The molecule has 7 aromatic carbocycles. The van der Waals surface area contributed by atoms with E-state index in [1.54, 1.807) is 0 Å². The van der Waals surface area contributed by atoms with E-state index in [1.165, 1.54) is 49.4 Å². The number of benzene rings is 7. The zero-order valence-electron chi connectivity index (χ0n) is 44.8. The molecule has 6 nitrogen and oxygen atoms in total. The minimum atomic E-state index is -0.106. The molecule has 0 radical (unpaired) electrons. The van der Waals surface area contributed by atoms with Crippen LogP contribution in [0.25, 0.3) is 100 Å². The molecule has 4 aromatic heterocycles. The van der Waals surface area contributed by atoms with Gasteiger partial charge in [0.1, 0.15) is 0 Å². The van der Waals surface area contributed by atoms with Crippen molar-refractivity contribution in [3.05, 3.63) is 192 Å². The molecule has 0 amide bonds. The first-order valence-electron chi connectivity index (χ1n) is 25.8. The van der Waals surface area contributed by atoms with Crippen LogP contribution in [0.4, 0.5) is 0 Å². The number of rotatable bonds is 6. The van der Waals surface area contributed by atoms with E-state index in [9.17, 15) is 0 Å². The Bertz CT molecular complexity index is 3760. The molecular formula is C67H66N6. The first-order chi connectivity index (χ1) is 34.6. The average Bonchev–Trinajstić information content (AvgIpc) is 3.87. The van der Waals surface area contributed by atoms with Gasteiger partial charge in [-0.1, -0.05) is 161 Å². The minimum absolute atomic E-state index is 0.106. The Balaban J connectivity index is 1.24. The predicted molar refractivity (Wildman–Crippen MR) is 308 cm³/mol. The number of pyridine rings is 1. The van der Waals surface area contributed by atoms with Gasteiger partial charge in [0, 0.05) is 61.8 Å². The van der Waals surface area contributed by atoms with Gasteiger partial charge in [0.2, 0.25) is 0 Å². The van der Waals surface area contributed by atoms with E-state index < -0.39 is 0 Å². The molecule has 73 heavy (non-hydrogen) atoms. The van der Waals surface area contributed by atoms with Gasteiger partial charge in [0.25, 0.3) is 0 Å². The molecule has 6 heteroatoms. The number of nitrogens with zero attached hydrogens (tertiary/aromatic N) is 6. The molecule has 0 saturated carbocycles. The maximum Gasteiger partial charge on any atom is 0.164 e. The molecule has 0 atom stereocenters. The van der Waals surface area contributed by atoms with Crippen molar-refractivity contribution in [1.29, 1.82) is 0 Å². The van der Waals surface area contributed by atoms with Gasteiger partial charge in [-0.25, -0.2) is 15.0 Å². The SMILES string of the molecule is Cc1ccc2c(c1)c1ccccc1n2-c1ccc(-c2nc(-c3cc(C(C)(C)C)cc(C(C)(C)C)c3)nc(-c3cc(C(C)(C)C)cc(C(C)(C)C)c3)n2)cc1-c1cnccc1-n1c2ccccc2c2ccccc21. The lowest BCUT2D eigenvalue weighted by Gasteiger charge is -2.26. The first kappa shape index (κ1) is 47.6. The van der Waals surface area contributed by atoms with Crippen LogP contribution in [0.3, 0.4) is 0 Å². The Hall–Kier alpha value is -7.70. The monoisotopic (exact) mass is 955 g/mol. The number of hydrogen-bond acceptors (Lipinski definition) is 4. The summed E-state index contributed by atoms with van der Waals surface area (Å²) in [6, 6.07) is 55.7. The lowest BCUT2D eigenvalue weighted by atomic mass is 9.79. The third kappa shape index (κ3) is 8.61. The van der Waals surface area contributed by atoms with Crippen molar-refractivity contribution < 1.29 is 0 Å². The van der Waals surface area contributed by atoms with Crippen LogP contribution in [0.1, 0.15) is 111 Å². The van der Waals surface area contributed by atoms with Crippen LogP contribution in [0, 0.1) is 6.92 Å². The lowest BCUT2D eigenvalue weighted by Crippen LogP contribution is -2.17. The summed E-state index contributed by atoms with van der Waals surface area (Å²) in [5, 5.41) is 4.82. The third-order valence-corrected chi connectivity index (χ3v) is 14.7. The Morgan fingerprint density at radius 3 is 1.19 bits per heavy atom. The summed E-state index contributed by atoms with van der Waals surface area (Å²) in [7, 11) is 0. The highest BCUT2D eigenvalue weighted by molar-refractivity contribution is 6.11. The molecule has 11 aromatic rings. The number of para-hydroxylation sites is 3. The Morgan fingerprint density at radius 2 is 0.740 bits per heavy atom. The minimum Gasteiger partial charge on any atom is -0.309 e. The van der Waals surface area contributed by atoms with Crippen molar-refractivity contribution in [3.63, 3.8) is 0 Å². The van der Waals surface area contributed by atoms with Crippen molar-refractivity contribution in [2.75, 3.05) is 0 Å². The summed E-state index contributed by atoms with van der Waals surface area (Å²) in [6.07, 6.45) is 3.94. The van der Waals surface area contributed by atoms with Crippen LogP contribution < -0.4 is 0 Å². The predicted octanol–water partition coefficient (Wildman–Crippen LogP) is 17.6. The molecule has 0 bridgehead atoms. The van der Waals surface area contributed by atoms with Gasteiger partial charge in [-0.05, 0) is 130 Å². The maximum atomic E-state index is 5.53. The summed E-state index contributed by atoms with van der Waals surface area (Å²) < 4.78 is 4.82. The van der Waals surface area contributed by atoms with Gasteiger partial charge in [0.15, 0.2) is 17.5 Å². The summed E-state index contributed by atoms with van der Waals surface area (Å²) in [6.45, 7) is 29.5. The van der Waals surface area contributed by atoms with Crippen molar-refractivity contribution in [3.8, 4) is 56.7 Å². The summed E-state index contributed by atoms with van der Waals surface area (Å²) in [5.74, 6) is 1.89. The fourth-order valence-electron chi connectivity index (χ4n) is 10.4. The second-order valence-corrected chi connectivity index (χ2v) is 24.3. The zero-order valence-corrected chi connectivity index (χ0v) is 44.8. The molecule has 0 saturated heterocycles. The van der Waals surface area contributed by atoms with Gasteiger partial charge in [-0.3, -0.25) is 4.98 Å². The van der Waals surface area contributed by atoms with E-state index in [0.29, 0.717) is 17.5 Å². The van der Waals surface area contributed by atoms with Crippen molar-refractivity contribution in [2.45, 2.75) is 112 Å². The normalized spacial score (nSPS) is 12.7. The van der Waals surface area contributed by atoms with Gasteiger partial charge in [0.05, 0.1) is 33.4 Å². The smallest absolute Gasteiger partial charge is 0.164 e. The molecule has 0 spiro atoms. The molecule has 364 valence electrons. The Morgan fingerprint density at radius 1 is 0.342 bits per heavy atom. The number of aryl methyl sites for hydroxylation is 1. The molecule has 0 N–H and O–H groups in total. The first-order valence-corrected chi connectivity index (χ1v) is 25.8. The van der Waals surface area contributed by atoms with Crippen LogP contribution in [0.15, 0.2) is 164 Å². The molecular weight excluding hydrogens is 889 g/mol. The van der Waals surface area contributed by atoms with E-state index in [-0.39, 0.29) is 21.7 Å². The second-order valence-electron chi connectivity index (χ2n) is 24.3. The highest BCUT2D eigenvalue weighted by Crippen LogP contribution is 2.43. The zero-order chi connectivity index (χ0) is 51.4. The highest BCUT2D eigenvalue weighted by Gasteiger charge is 2.27. The van der Waals surface area contributed by atoms with E-state index in [2.05, 4.69) is 251 Å². The third-order valence-electron chi connectivity index (χ3n) is 14.7. The fourth-order valence-corrected chi connectivity index (χ4v) is 10.4. The topological polar surface area (TPSA) is 61.4 Å². The van der Waals surface area contributed by atoms with Crippen LogP contribution in [-0.2, 0) is 21.7 Å². The van der Waals surface area contributed by atoms with E-state index >= 15 is 0 Å². The lowest BCUT2D eigenvalue weighted by molar-refractivity contribution is 0.568. The van der Waals surface area contributed by atoms with Crippen LogP contribution >= 0.6 is 0 Å². The van der Waals surface area contributed by atoms with Gasteiger partial charge < -0.3 is 9.13 Å². The van der Waals surface area contributed by atoms with E-state index in [4.69, 9.17) is 19.9 Å². The molecule has 0 aliphatic rings. The van der Waals surface area contributed by atoms with Crippen molar-refractivity contribution >= 4 is 43.6 Å². The molecule has 0 unspecified atom stereocenters. The second kappa shape index (κ2) is 17.2. The number of fused-ring (bicyclic) bond motifs is 6. The van der Waals surface area contributed by atoms with Crippen molar-refractivity contribution in [2.24, 2.45) is 0 Å². The number of aromatic nitrogens is 6. The number of hydrogen-bond donors (Lipinski definition) is 0. The molecule has 11 rings (SSSR count). The summed E-state index contributed by atoms with van der Waals surface area (Å²) in [5.41, 5.74) is 17.2. The summed E-state index contributed by atoms with van der Waals surface area (Å²) >= 11 is 0. The molecule has 4 heterocycles. The van der Waals surface area contributed by atoms with E-state index in [0.717, 1.165) is 61.3 Å². The maximum absolute atomic E-state index is 5.53. The largest absolute Gasteiger partial charge is 0.309 e. The van der Waals surface area contributed by atoms with Crippen LogP contribution in [0.2, 0.25) is 0 Å². The Kier molecular flexibility index (Phi) is 11.2. The summed E-state index contributed by atoms with van der Waals surface area (Å²) in [4.78, 5) is 21.4. The van der Waals surface area contributed by atoms with Gasteiger partial charge in [-0.15, -0.1) is 0 Å². The van der Waals surface area contributed by atoms with E-state index in [1.807, 2.05) is 12.4 Å². The standard InChI is InChI=1S/C67H66N6/c1-41-26-28-58-52(32-41)51-22-16-19-25-57(51)73(58)59-29-27-42(37-53(59)54-40-68-31-30-60(54)72-55-23-17-14-20-49(55)50-21-15-18-24-56(50)72)61-69-62(43-33-45(64(2,3)4)38-46(34-43)65(5,6)7)71-63(70-61)44-35-47(66(8,9)10)39-48(36-44)67(11,12)13/h14-40H,1-13H3. The average molecular weight is 955 g/mol. The van der Waals surface area contributed by atoms with Crippen LogP contribution in [0.5, 0.6) is 0 Å². The molecule has 0 aliphatic heterocycles. The fraction of sp³-hybridized carbons (Fsp3) is 0.254. The Labute approximate surface area is 430 Å². The van der Waals surface area contributed by atoms with Gasteiger partial charge in [-0.2, -0.15) is 0 Å². The molecule has 0 aliphatic carbocycles. The quantitative estimate of drug-likeness (QED) is 0.167.